The molecular formula is C23H28NNaO5S2. The summed E-state index contributed by atoms with van der Waals surface area (Å²) in [6, 6.07) is 17.2. The maximum atomic E-state index is 12.3. The molecule has 2 N–H and O–H groups in total. The first kappa shape index (κ1) is 27.0. The Hall–Kier alpha value is -1.26. The summed E-state index contributed by atoms with van der Waals surface area (Å²) < 4.78 is 60.6. The van der Waals surface area contributed by atoms with Gasteiger partial charge in [-0.25, -0.2) is 13.1 Å². The molecule has 0 heterocycles. The summed E-state index contributed by atoms with van der Waals surface area (Å²) in [5.41, 5.74) is 3.16. The zero-order valence-corrected chi connectivity index (χ0v) is 19.2. The van der Waals surface area contributed by atoms with E-state index >= 15 is 0 Å². The Morgan fingerprint density at radius 1 is 0.875 bits per heavy atom. The molecule has 1 aromatic carbocycles. The van der Waals surface area contributed by atoms with E-state index in [1.807, 2.05) is 18.2 Å². The molecule has 0 saturated carbocycles. The summed E-state index contributed by atoms with van der Waals surface area (Å²) in [6.45, 7) is 4.40. The number of benzene rings is 1. The average molecular weight is 486 g/mol. The van der Waals surface area contributed by atoms with Crippen molar-refractivity contribution in [2.75, 3.05) is 6.54 Å². The van der Waals surface area contributed by atoms with Crippen LogP contribution in [0, 0.1) is 0 Å². The second-order valence-corrected chi connectivity index (χ2v) is 11.0. The fourth-order valence-corrected chi connectivity index (χ4v) is 5.38. The van der Waals surface area contributed by atoms with Gasteiger partial charge in [-0.05, 0) is 60.1 Å². The van der Waals surface area contributed by atoms with E-state index in [1.165, 1.54) is 6.07 Å². The summed E-state index contributed by atoms with van der Waals surface area (Å²) in [5.74, 6) is 0.284. The van der Waals surface area contributed by atoms with Crippen molar-refractivity contribution in [2.45, 2.75) is 48.8 Å². The molecule has 6 nitrogen and oxygen atoms in total. The van der Waals surface area contributed by atoms with Crippen LogP contribution in [0.1, 0.15) is 43.7 Å². The van der Waals surface area contributed by atoms with E-state index in [0.717, 1.165) is 16.7 Å². The van der Waals surface area contributed by atoms with Crippen LogP contribution in [0.15, 0.2) is 70.5 Å². The second kappa shape index (κ2) is 11.2. The molecule has 0 aromatic heterocycles. The zero-order valence-electron chi connectivity index (χ0n) is 17.6. The van der Waals surface area contributed by atoms with Gasteiger partial charge in [-0.1, -0.05) is 56.3 Å². The van der Waals surface area contributed by atoms with Gasteiger partial charge in [-0.15, -0.1) is 0 Å². The van der Waals surface area contributed by atoms with Crippen molar-refractivity contribution in [1.82, 2.24) is 4.72 Å². The molecule has 0 fully saturated rings. The van der Waals surface area contributed by atoms with Gasteiger partial charge in [0.15, 0.2) is 0 Å². The van der Waals surface area contributed by atoms with Crippen LogP contribution >= 0.6 is 0 Å². The number of rotatable bonds is 9. The molecule has 1 aromatic rings. The Kier molecular flexibility index (Phi) is 9.48. The number of fused-ring (bicyclic) bond motifs is 1. The molecule has 0 radical (unpaired) electrons. The van der Waals surface area contributed by atoms with Crippen LogP contribution in [0.5, 0.6) is 0 Å². The number of unbranched alkanes of at least 4 members (excludes halogenated alkanes) is 1. The van der Waals surface area contributed by atoms with Crippen LogP contribution in [0.2, 0.25) is 0 Å². The third kappa shape index (κ3) is 6.63. The molecule has 0 aliphatic heterocycles. The minimum absolute atomic E-state index is 0. The van der Waals surface area contributed by atoms with Crippen molar-refractivity contribution >= 4 is 49.7 Å². The van der Waals surface area contributed by atoms with Gasteiger partial charge in [-0.2, -0.15) is 8.42 Å². The fraction of sp³-hybridized carbons (Fsp3) is 0.304. The summed E-state index contributed by atoms with van der Waals surface area (Å²) in [5, 5.41) is 0. The topological polar surface area (TPSA) is 101 Å². The van der Waals surface area contributed by atoms with Crippen molar-refractivity contribution in [3.63, 3.8) is 0 Å². The molecule has 0 spiro atoms. The quantitative estimate of drug-likeness (QED) is 0.273. The van der Waals surface area contributed by atoms with E-state index in [1.54, 1.807) is 36.4 Å². The molecule has 0 amide bonds. The third-order valence-electron chi connectivity index (χ3n) is 5.25. The molecule has 0 unspecified atom stereocenters. The Labute approximate surface area is 212 Å². The zero-order chi connectivity index (χ0) is 22.6. The number of hydrogen-bond acceptors (Lipinski definition) is 4. The molecule has 168 valence electrons. The van der Waals surface area contributed by atoms with Crippen molar-refractivity contribution in [2.24, 2.45) is 0 Å². The van der Waals surface area contributed by atoms with Gasteiger partial charge in [0.2, 0.25) is 10.0 Å². The summed E-state index contributed by atoms with van der Waals surface area (Å²) in [4.78, 5) is 0.136. The fourth-order valence-electron chi connectivity index (χ4n) is 3.54. The van der Waals surface area contributed by atoms with Crippen LogP contribution in [0.3, 0.4) is 0 Å². The van der Waals surface area contributed by atoms with Crippen molar-refractivity contribution < 1.29 is 21.4 Å². The maximum absolute atomic E-state index is 12.3. The number of sulfonamides is 1. The number of aryl methyl sites for hydroxylation is 1. The Morgan fingerprint density at radius 2 is 1.50 bits per heavy atom. The molecule has 3 rings (SSSR count). The van der Waals surface area contributed by atoms with Crippen molar-refractivity contribution in [3.05, 3.63) is 71.8 Å². The van der Waals surface area contributed by atoms with Crippen LogP contribution in [-0.4, -0.2) is 57.5 Å². The van der Waals surface area contributed by atoms with Crippen molar-refractivity contribution in [1.29, 1.82) is 0 Å². The summed E-state index contributed by atoms with van der Waals surface area (Å²) in [6.07, 6.45) is 1.83. The van der Waals surface area contributed by atoms with E-state index < -0.39 is 20.1 Å². The Balaban J connectivity index is 0.00000363. The predicted molar refractivity (Wildman–Crippen MR) is 129 cm³/mol. The minimum atomic E-state index is -4.35. The summed E-state index contributed by atoms with van der Waals surface area (Å²) in [7, 11) is -7.89. The monoisotopic (exact) mass is 485 g/mol. The SMILES string of the molecule is CC(C)c1ccc2c(CCCCNS(=O)(=O)c3ccccc3)cc(S(=O)(=O)O)c-2cc1.[NaH]. The van der Waals surface area contributed by atoms with E-state index in [9.17, 15) is 21.4 Å². The normalized spacial score (nSPS) is 12.1. The molecule has 9 heteroatoms. The first-order valence-corrected chi connectivity index (χ1v) is 13.1. The van der Waals surface area contributed by atoms with Crippen LogP contribution < -0.4 is 4.72 Å². The molecule has 2 aliphatic carbocycles. The molecule has 0 atom stereocenters. The summed E-state index contributed by atoms with van der Waals surface area (Å²) >= 11 is 0. The van der Waals surface area contributed by atoms with Gasteiger partial charge in [0, 0.05) is 12.1 Å². The van der Waals surface area contributed by atoms with Crippen LogP contribution in [-0.2, 0) is 26.6 Å². The van der Waals surface area contributed by atoms with Gasteiger partial charge < -0.3 is 0 Å². The van der Waals surface area contributed by atoms with Crippen LogP contribution in [0.25, 0.3) is 11.1 Å². The molecule has 32 heavy (non-hydrogen) atoms. The van der Waals surface area contributed by atoms with Gasteiger partial charge in [0.1, 0.15) is 4.90 Å². The van der Waals surface area contributed by atoms with E-state index in [0.29, 0.717) is 24.8 Å². The predicted octanol–water partition coefficient (Wildman–Crippen LogP) is 3.81. The number of hydrogen-bond donors (Lipinski definition) is 2. The first-order chi connectivity index (χ1) is 14.6. The van der Waals surface area contributed by atoms with Gasteiger partial charge in [-0.3, -0.25) is 4.55 Å². The standard InChI is InChI=1S/C23H27NO5S2.Na.H/c1-17(2)18-11-13-21-19(16-23(31(27,28)29)22(21)14-12-18)8-6-7-15-24-30(25,26)20-9-4-3-5-10-20;;/h3-5,9-14,16-17,24H,6-8,15H2,1-2H3,(H,27,28,29);;. The van der Waals surface area contributed by atoms with Gasteiger partial charge in [0.05, 0.1) is 4.90 Å². The van der Waals surface area contributed by atoms with Gasteiger partial charge >= 0.3 is 29.6 Å². The van der Waals surface area contributed by atoms with E-state index in [2.05, 4.69) is 18.6 Å². The Morgan fingerprint density at radius 3 is 2.09 bits per heavy atom. The Bertz CT molecular complexity index is 1230. The van der Waals surface area contributed by atoms with Crippen LogP contribution in [0.4, 0.5) is 0 Å². The number of nitrogens with one attached hydrogen (secondary N) is 1. The third-order valence-corrected chi connectivity index (χ3v) is 7.63. The molecule has 0 saturated heterocycles. The van der Waals surface area contributed by atoms with Crippen molar-refractivity contribution in [3.8, 4) is 11.1 Å². The van der Waals surface area contributed by atoms with E-state index in [4.69, 9.17) is 0 Å². The average Bonchev–Trinajstić information content (AvgIpc) is 2.91. The van der Waals surface area contributed by atoms with Gasteiger partial charge in [0.25, 0.3) is 10.1 Å². The van der Waals surface area contributed by atoms with E-state index in [-0.39, 0.29) is 51.8 Å². The first-order valence-electron chi connectivity index (χ1n) is 10.2. The molecule has 0 bridgehead atoms. The molecular weight excluding hydrogens is 457 g/mol. The molecule has 2 aliphatic rings. The second-order valence-electron chi connectivity index (χ2n) is 7.83.